The van der Waals surface area contributed by atoms with Crippen LogP contribution in [0.5, 0.6) is 0 Å². The molecular weight excluding hydrogens is 328 g/mol. The standard InChI is InChI=1S/C20H26N4O2/c25-19(15-24-10-4-2-1-3-8-20(24)26)22-13-17-6-5-7-18(12-17)14-23-11-9-21-16-23/h5-7,9,11-12,16H,1-4,8,10,13-15H2,(H,22,25). The molecule has 6 heteroatoms. The molecule has 1 aromatic heterocycles. The maximum absolute atomic E-state index is 12.3. The highest BCUT2D eigenvalue weighted by atomic mass is 16.2. The molecule has 26 heavy (non-hydrogen) atoms. The van der Waals surface area contributed by atoms with Crippen molar-refractivity contribution in [3.05, 3.63) is 54.1 Å². The Morgan fingerprint density at radius 2 is 2.00 bits per heavy atom. The molecule has 3 rings (SSSR count). The van der Waals surface area contributed by atoms with Crippen molar-refractivity contribution >= 4 is 11.8 Å². The molecule has 0 atom stereocenters. The first-order valence-electron chi connectivity index (χ1n) is 9.29. The normalized spacial score (nSPS) is 15.4. The van der Waals surface area contributed by atoms with E-state index in [4.69, 9.17) is 0 Å². The van der Waals surface area contributed by atoms with Gasteiger partial charge in [0.1, 0.15) is 0 Å². The Kier molecular flexibility index (Phi) is 6.41. The first-order chi connectivity index (χ1) is 12.7. The Morgan fingerprint density at radius 3 is 2.85 bits per heavy atom. The van der Waals surface area contributed by atoms with Crippen LogP contribution >= 0.6 is 0 Å². The first kappa shape index (κ1) is 18.2. The Labute approximate surface area is 154 Å². The van der Waals surface area contributed by atoms with Crippen molar-refractivity contribution in [2.24, 2.45) is 0 Å². The van der Waals surface area contributed by atoms with Gasteiger partial charge in [0, 0.05) is 38.4 Å². The zero-order valence-corrected chi connectivity index (χ0v) is 15.1. The molecule has 1 aliphatic rings. The molecule has 0 unspecified atom stereocenters. The second-order valence-electron chi connectivity index (χ2n) is 6.81. The molecule has 138 valence electrons. The second-order valence-corrected chi connectivity index (χ2v) is 6.81. The van der Waals surface area contributed by atoms with Gasteiger partial charge in [-0.3, -0.25) is 9.59 Å². The van der Waals surface area contributed by atoms with E-state index in [-0.39, 0.29) is 18.4 Å². The summed E-state index contributed by atoms with van der Waals surface area (Å²) in [7, 11) is 0. The molecule has 1 N–H and O–H groups in total. The summed E-state index contributed by atoms with van der Waals surface area (Å²) in [5.41, 5.74) is 2.21. The van der Waals surface area contributed by atoms with Crippen molar-refractivity contribution in [2.45, 2.75) is 45.2 Å². The maximum Gasteiger partial charge on any atom is 0.239 e. The van der Waals surface area contributed by atoms with Crippen LogP contribution < -0.4 is 5.32 Å². The highest BCUT2D eigenvalue weighted by molar-refractivity contribution is 5.84. The molecule has 1 aliphatic heterocycles. The molecule has 0 spiro atoms. The summed E-state index contributed by atoms with van der Waals surface area (Å²) in [5.74, 6) is 0.00103. The monoisotopic (exact) mass is 354 g/mol. The van der Waals surface area contributed by atoms with Crippen LogP contribution in [0, 0.1) is 0 Å². The minimum Gasteiger partial charge on any atom is -0.350 e. The van der Waals surface area contributed by atoms with E-state index in [1.165, 1.54) is 0 Å². The van der Waals surface area contributed by atoms with E-state index in [0.717, 1.165) is 43.4 Å². The molecule has 0 aliphatic carbocycles. The van der Waals surface area contributed by atoms with Crippen molar-refractivity contribution in [1.29, 1.82) is 0 Å². The lowest BCUT2D eigenvalue weighted by atomic mass is 10.1. The Hall–Kier alpha value is -2.63. The molecule has 0 radical (unpaired) electrons. The van der Waals surface area contributed by atoms with E-state index in [1.807, 2.05) is 22.9 Å². The van der Waals surface area contributed by atoms with Gasteiger partial charge in [-0.2, -0.15) is 0 Å². The maximum atomic E-state index is 12.3. The second kappa shape index (κ2) is 9.17. The van der Waals surface area contributed by atoms with Crippen LogP contribution in [-0.4, -0.2) is 39.4 Å². The average Bonchev–Trinajstić information content (AvgIpc) is 3.13. The average molecular weight is 354 g/mol. The number of imidazole rings is 1. The van der Waals surface area contributed by atoms with Crippen LogP contribution in [0.2, 0.25) is 0 Å². The minimum absolute atomic E-state index is 0.0982. The van der Waals surface area contributed by atoms with Crippen molar-refractivity contribution in [1.82, 2.24) is 19.8 Å². The summed E-state index contributed by atoms with van der Waals surface area (Å²) >= 11 is 0. The van der Waals surface area contributed by atoms with Crippen LogP contribution in [0.1, 0.15) is 43.2 Å². The predicted octanol–water partition coefficient (Wildman–Crippen LogP) is 2.34. The third-order valence-electron chi connectivity index (χ3n) is 4.66. The van der Waals surface area contributed by atoms with Crippen LogP contribution in [0.15, 0.2) is 43.0 Å². The summed E-state index contributed by atoms with van der Waals surface area (Å²) in [6.45, 7) is 2.07. The summed E-state index contributed by atoms with van der Waals surface area (Å²) < 4.78 is 2.01. The molecule has 1 fully saturated rings. The van der Waals surface area contributed by atoms with Crippen molar-refractivity contribution in [3.8, 4) is 0 Å². The number of hydrogen-bond acceptors (Lipinski definition) is 3. The number of nitrogens with zero attached hydrogens (tertiary/aromatic N) is 3. The number of amides is 2. The number of nitrogens with one attached hydrogen (secondary N) is 1. The molecule has 2 aromatic rings. The fourth-order valence-corrected chi connectivity index (χ4v) is 3.24. The summed E-state index contributed by atoms with van der Waals surface area (Å²) in [6.07, 6.45) is 10.2. The van der Waals surface area contributed by atoms with Gasteiger partial charge in [0.25, 0.3) is 0 Å². The van der Waals surface area contributed by atoms with Gasteiger partial charge in [-0.25, -0.2) is 4.98 Å². The zero-order valence-electron chi connectivity index (χ0n) is 15.1. The van der Waals surface area contributed by atoms with Gasteiger partial charge in [0.15, 0.2) is 0 Å². The number of carbonyl (C=O) groups is 2. The fraction of sp³-hybridized carbons (Fsp3) is 0.450. The zero-order chi connectivity index (χ0) is 18.2. The van der Waals surface area contributed by atoms with Gasteiger partial charge in [-0.15, -0.1) is 0 Å². The van der Waals surface area contributed by atoms with Crippen LogP contribution in [0.4, 0.5) is 0 Å². The molecule has 6 nitrogen and oxygen atoms in total. The smallest absolute Gasteiger partial charge is 0.239 e. The summed E-state index contributed by atoms with van der Waals surface area (Å²) in [6, 6.07) is 8.14. The quantitative estimate of drug-likeness (QED) is 0.866. The SMILES string of the molecule is O=C(CN1CCCCCCC1=O)NCc1cccc(Cn2ccnc2)c1. The van der Waals surface area contributed by atoms with Crippen LogP contribution in [0.3, 0.4) is 0 Å². The predicted molar refractivity (Wildman–Crippen MR) is 99.3 cm³/mol. The fourth-order valence-electron chi connectivity index (χ4n) is 3.24. The van der Waals surface area contributed by atoms with Crippen molar-refractivity contribution in [2.75, 3.05) is 13.1 Å². The summed E-state index contributed by atoms with van der Waals surface area (Å²) in [5, 5.41) is 2.94. The number of likely N-dealkylation sites (tertiary alicyclic amines) is 1. The van der Waals surface area contributed by atoms with Crippen LogP contribution in [0.25, 0.3) is 0 Å². The van der Waals surface area contributed by atoms with Gasteiger partial charge in [0.05, 0.1) is 12.9 Å². The van der Waals surface area contributed by atoms with Crippen molar-refractivity contribution in [3.63, 3.8) is 0 Å². The molecule has 1 saturated heterocycles. The van der Waals surface area contributed by atoms with Crippen LogP contribution in [-0.2, 0) is 22.7 Å². The lowest BCUT2D eigenvalue weighted by Gasteiger charge is -2.24. The molecule has 0 bridgehead atoms. The lowest BCUT2D eigenvalue weighted by Crippen LogP contribution is -2.41. The van der Waals surface area contributed by atoms with E-state index in [1.54, 1.807) is 17.4 Å². The number of benzene rings is 1. The highest BCUT2D eigenvalue weighted by Crippen LogP contribution is 2.11. The lowest BCUT2D eigenvalue weighted by molar-refractivity contribution is -0.136. The van der Waals surface area contributed by atoms with Gasteiger partial charge >= 0.3 is 0 Å². The number of rotatable bonds is 6. The first-order valence-corrected chi connectivity index (χ1v) is 9.29. The van der Waals surface area contributed by atoms with Gasteiger partial charge < -0.3 is 14.8 Å². The summed E-state index contributed by atoms with van der Waals surface area (Å²) in [4.78, 5) is 30.1. The van der Waals surface area contributed by atoms with E-state index >= 15 is 0 Å². The third-order valence-corrected chi connectivity index (χ3v) is 4.66. The minimum atomic E-state index is -0.0982. The topological polar surface area (TPSA) is 67.2 Å². The van der Waals surface area contributed by atoms with E-state index in [2.05, 4.69) is 22.4 Å². The van der Waals surface area contributed by atoms with Crippen molar-refractivity contribution < 1.29 is 9.59 Å². The van der Waals surface area contributed by atoms with Gasteiger partial charge in [0.2, 0.25) is 11.8 Å². The Balaban J connectivity index is 1.50. The number of carbonyl (C=O) groups excluding carboxylic acids is 2. The largest absolute Gasteiger partial charge is 0.350 e. The third kappa shape index (κ3) is 5.44. The van der Waals surface area contributed by atoms with Gasteiger partial charge in [-0.1, -0.05) is 37.1 Å². The van der Waals surface area contributed by atoms with Gasteiger partial charge in [-0.05, 0) is 24.0 Å². The molecule has 2 amide bonds. The number of aromatic nitrogens is 2. The number of hydrogen-bond donors (Lipinski definition) is 1. The Morgan fingerprint density at radius 1 is 1.15 bits per heavy atom. The molecule has 2 heterocycles. The van der Waals surface area contributed by atoms with E-state index < -0.39 is 0 Å². The molecule has 1 aromatic carbocycles. The molecular formula is C20H26N4O2. The highest BCUT2D eigenvalue weighted by Gasteiger charge is 2.18. The van der Waals surface area contributed by atoms with E-state index in [0.29, 0.717) is 19.5 Å². The van der Waals surface area contributed by atoms with E-state index in [9.17, 15) is 9.59 Å². The Bertz CT molecular complexity index is 727. The molecule has 0 saturated carbocycles.